The molecule has 1 aliphatic carbocycles. The summed E-state index contributed by atoms with van der Waals surface area (Å²) in [6.07, 6.45) is 6.49. The minimum Gasteiger partial charge on any atom is -0.396 e. The van der Waals surface area contributed by atoms with Crippen molar-refractivity contribution in [3.05, 3.63) is 0 Å². The van der Waals surface area contributed by atoms with Gasteiger partial charge in [-0.25, -0.2) is 0 Å². The van der Waals surface area contributed by atoms with E-state index >= 15 is 0 Å². The van der Waals surface area contributed by atoms with Crippen LogP contribution in [0.4, 0.5) is 0 Å². The first-order chi connectivity index (χ1) is 9.65. The van der Waals surface area contributed by atoms with Crippen molar-refractivity contribution in [3.63, 3.8) is 0 Å². The van der Waals surface area contributed by atoms with E-state index < -0.39 is 0 Å². The van der Waals surface area contributed by atoms with Crippen LogP contribution in [0.15, 0.2) is 0 Å². The van der Waals surface area contributed by atoms with E-state index in [4.69, 9.17) is 4.74 Å². The van der Waals surface area contributed by atoms with E-state index in [1.807, 2.05) is 0 Å². The molecule has 2 fully saturated rings. The number of nitrogens with zero attached hydrogens (tertiary/aromatic N) is 1. The molecule has 1 saturated heterocycles. The Morgan fingerprint density at radius 3 is 2.70 bits per heavy atom. The first kappa shape index (κ1) is 16.2. The van der Waals surface area contributed by atoms with Gasteiger partial charge in [0.1, 0.15) is 0 Å². The molecule has 118 valence electrons. The van der Waals surface area contributed by atoms with Gasteiger partial charge < -0.3 is 15.2 Å². The lowest BCUT2D eigenvalue weighted by atomic mass is 9.74. The number of hydrogen-bond donors (Lipinski definition) is 2. The van der Waals surface area contributed by atoms with Crippen molar-refractivity contribution in [2.75, 3.05) is 39.4 Å². The van der Waals surface area contributed by atoms with E-state index in [9.17, 15) is 5.11 Å². The Kier molecular flexibility index (Phi) is 6.27. The van der Waals surface area contributed by atoms with Gasteiger partial charge in [-0.3, -0.25) is 4.90 Å². The SMILES string of the molecule is CC(C)N1CCOC(CNCC2(CO)CCCCC2)C1. The first-order valence-electron chi connectivity index (χ1n) is 8.32. The first-order valence-corrected chi connectivity index (χ1v) is 8.32. The minimum absolute atomic E-state index is 0.130. The van der Waals surface area contributed by atoms with Crippen LogP contribution in [-0.2, 0) is 4.74 Å². The van der Waals surface area contributed by atoms with Gasteiger partial charge in [-0.1, -0.05) is 19.3 Å². The molecule has 0 radical (unpaired) electrons. The smallest absolute Gasteiger partial charge is 0.0826 e. The molecule has 2 rings (SSSR count). The number of aliphatic hydroxyl groups is 1. The van der Waals surface area contributed by atoms with E-state index in [2.05, 4.69) is 24.1 Å². The fourth-order valence-electron chi connectivity index (χ4n) is 3.53. The second-order valence-electron chi connectivity index (χ2n) is 6.93. The predicted molar refractivity (Wildman–Crippen MR) is 81.9 cm³/mol. The Balaban J connectivity index is 1.71. The maximum Gasteiger partial charge on any atom is 0.0826 e. The molecule has 1 saturated carbocycles. The molecule has 0 spiro atoms. The molecule has 0 bridgehead atoms. The number of aliphatic hydroxyl groups excluding tert-OH is 1. The predicted octanol–water partition coefficient (Wildman–Crippen LogP) is 1.63. The van der Waals surface area contributed by atoms with E-state index in [0.717, 1.165) is 32.8 Å². The van der Waals surface area contributed by atoms with Gasteiger partial charge in [-0.15, -0.1) is 0 Å². The molecule has 0 aromatic carbocycles. The van der Waals surface area contributed by atoms with Crippen LogP contribution in [0, 0.1) is 5.41 Å². The van der Waals surface area contributed by atoms with Crippen LogP contribution in [0.25, 0.3) is 0 Å². The molecule has 0 amide bonds. The topological polar surface area (TPSA) is 44.7 Å². The summed E-state index contributed by atoms with van der Waals surface area (Å²) < 4.78 is 5.85. The fourth-order valence-corrected chi connectivity index (χ4v) is 3.53. The lowest BCUT2D eigenvalue weighted by Gasteiger charge is -2.38. The monoisotopic (exact) mass is 284 g/mol. The maximum atomic E-state index is 9.71. The zero-order chi connectivity index (χ0) is 14.4. The summed E-state index contributed by atoms with van der Waals surface area (Å²) >= 11 is 0. The summed E-state index contributed by atoms with van der Waals surface area (Å²) in [5.74, 6) is 0. The quantitative estimate of drug-likeness (QED) is 0.778. The normalized spacial score (nSPS) is 27.9. The maximum absolute atomic E-state index is 9.71. The highest BCUT2D eigenvalue weighted by Gasteiger charge is 2.31. The zero-order valence-electron chi connectivity index (χ0n) is 13.2. The fraction of sp³-hybridized carbons (Fsp3) is 1.00. The number of rotatable bonds is 6. The third kappa shape index (κ3) is 4.42. The van der Waals surface area contributed by atoms with Gasteiger partial charge >= 0.3 is 0 Å². The summed E-state index contributed by atoms with van der Waals surface area (Å²) in [6, 6.07) is 0.600. The number of morpholine rings is 1. The summed E-state index contributed by atoms with van der Waals surface area (Å²) in [6.45, 7) is 9.58. The summed E-state index contributed by atoms with van der Waals surface area (Å²) in [4.78, 5) is 2.48. The Labute approximate surface area is 123 Å². The van der Waals surface area contributed by atoms with Crippen LogP contribution in [0.2, 0.25) is 0 Å². The Hall–Kier alpha value is -0.160. The van der Waals surface area contributed by atoms with Crippen molar-refractivity contribution >= 4 is 0 Å². The molecule has 0 aromatic rings. The lowest BCUT2D eigenvalue weighted by Crippen LogP contribution is -2.50. The van der Waals surface area contributed by atoms with E-state index in [1.54, 1.807) is 0 Å². The Morgan fingerprint density at radius 2 is 2.05 bits per heavy atom. The molecular weight excluding hydrogens is 252 g/mol. The molecule has 4 heteroatoms. The molecule has 2 aliphatic rings. The molecule has 0 aromatic heterocycles. The van der Waals surface area contributed by atoms with Gasteiger partial charge in [0.15, 0.2) is 0 Å². The molecule has 1 unspecified atom stereocenters. The Morgan fingerprint density at radius 1 is 1.30 bits per heavy atom. The van der Waals surface area contributed by atoms with Crippen molar-refractivity contribution in [1.82, 2.24) is 10.2 Å². The summed E-state index contributed by atoms with van der Waals surface area (Å²) in [7, 11) is 0. The number of ether oxygens (including phenoxy) is 1. The van der Waals surface area contributed by atoms with Gasteiger partial charge in [0.25, 0.3) is 0 Å². The molecule has 20 heavy (non-hydrogen) atoms. The number of hydrogen-bond acceptors (Lipinski definition) is 4. The van der Waals surface area contributed by atoms with Gasteiger partial charge in [-0.05, 0) is 26.7 Å². The van der Waals surface area contributed by atoms with Gasteiger partial charge in [0.05, 0.1) is 12.7 Å². The van der Waals surface area contributed by atoms with Gasteiger partial charge in [-0.2, -0.15) is 0 Å². The highest BCUT2D eigenvalue weighted by atomic mass is 16.5. The van der Waals surface area contributed by atoms with Crippen molar-refractivity contribution < 1.29 is 9.84 Å². The third-order valence-corrected chi connectivity index (χ3v) is 5.02. The summed E-state index contributed by atoms with van der Waals surface area (Å²) in [5, 5.41) is 13.3. The van der Waals surface area contributed by atoms with Crippen LogP contribution >= 0.6 is 0 Å². The van der Waals surface area contributed by atoms with E-state index in [0.29, 0.717) is 18.8 Å². The average molecular weight is 284 g/mol. The average Bonchev–Trinajstić information content (AvgIpc) is 2.48. The second kappa shape index (κ2) is 7.74. The van der Waals surface area contributed by atoms with Gasteiger partial charge in [0.2, 0.25) is 0 Å². The molecule has 2 N–H and O–H groups in total. The van der Waals surface area contributed by atoms with E-state index in [1.165, 1.54) is 32.1 Å². The Bertz CT molecular complexity index is 278. The number of nitrogens with one attached hydrogen (secondary N) is 1. The van der Waals surface area contributed by atoms with Crippen molar-refractivity contribution in [2.24, 2.45) is 5.41 Å². The minimum atomic E-state index is 0.130. The molecule has 1 aliphatic heterocycles. The van der Waals surface area contributed by atoms with Crippen LogP contribution < -0.4 is 5.32 Å². The van der Waals surface area contributed by atoms with E-state index in [-0.39, 0.29) is 5.41 Å². The second-order valence-corrected chi connectivity index (χ2v) is 6.93. The largest absolute Gasteiger partial charge is 0.396 e. The molecule has 4 nitrogen and oxygen atoms in total. The van der Waals surface area contributed by atoms with Crippen molar-refractivity contribution in [1.29, 1.82) is 0 Å². The lowest BCUT2D eigenvalue weighted by molar-refractivity contribution is -0.0390. The van der Waals surface area contributed by atoms with Gasteiger partial charge in [0, 0.05) is 44.2 Å². The zero-order valence-corrected chi connectivity index (χ0v) is 13.2. The van der Waals surface area contributed by atoms with Crippen LogP contribution in [0.1, 0.15) is 46.0 Å². The third-order valence-electron chi connectivity index (χ3n) is 5.02. The molecule has 1 heterocycles. The highest BCUT2D eigenvalue weighted by Crippen LogP contribution is 2.35. The van der Waals surface area contributed by atoms with Crippen molar-refractivity contribution in [2.45, 2.75) is 58.1 Å². The summed E-state index contributed by atoms with van der Waals surface area (Å²) in [5.41, 5.74) is 0.130. The molecular formula is C16H32N2O2. The standard InChI is InChI=1S/C16H32N2O2/c1-14(2)18-8-9-20-15(11-18)10-17-12-16(13-19)6-4-3-5-7-16/h14-15,17,19H,3-13H2,1-2H3. The highest BCUT2D eigenvalue weighted by molar-refractivity contribution is 4.85. The van der Waals surface area contributed by atoms with Crippen LogP contribution in [0.3, 0.4) is 0 Å². The molecule has 1 atom stereocenters. The van der Waals surface area contributed by atoms with Crippen LogP contribution in [-0.4, -0.2) is 61.5 Å². The van der Waals surface area contributed by atoms with Crippen molar-refractivity contribution in [3.8, 4) is 0 Å². The van der Waals surface area contributed by atoms with Crippen LogP contribution in [0.5, 0.6) is 0 Å².